The molecule has 0 saturated heterocycles. The van der Waals surface area contributed by atoms with Crippen LogP contribution in [-0.2, 0) is 28.6 Å². The third-order valence-electron chi connectivity index (χ3n) is 9.58. The maximum atomic E-state index is 12.8. The molecule has 1 atom stereocenters. The van der Waals surface area contributed by atoms with Crippen LogP contribution in [0.4, 0.5) is 0 Å². The molecule has 0 aliphatic carbocycles. The van der Waals surface area contributed by atoms with Gasteiger partial charge in [-0.25, -0.2) is 0 Å². The van der Waals surface area contributed by atoms with Crippen molar-refractivity contribution in [3.63, 3.8) is 0 Å². The van der Waals surface area contributed by atoms with Crippen LogP contribution in [0.15, 0.2) is 146 Å². The van der Waals surface area contributed by atoms with Crippen LogP contribution in [0.2, 0.25) is 0 Å². The topological polar surface area (TPSA) is 78.9 Å². The van der Waals surface area contributed by atoms with Crippen LogP contribution in [0.5, 0.6) is 0 Å². The Morgan fingerprint density at radius 3 is 1.02 bits per heavy atom. The maximum absolute atomic E-state index is 12.8. The van der Waals surface area contributed by atoms with Crippen LogP contribution in [0.3, 0.4) is 0 Å². The molecule has 64 heavy (non-hydrogen) atoms. The van der Waals surface area contributed by atoms with Crippen LogP contribution in [0, 0.1) is 0 Å². The first-order chi connectivity index (χ1) is 31.5. The van der Waals surface area contributed by atoms with Crippen LogP contribution in [0.25, 0.3) is 0 Å². The van der Waals surface area contributed by atoms with Gasteiger partial charge in [-0.15, -0.1) is 0 Å². The van der Waals surface area contributed by atoms with E-state index in [1.165, 1.54) is 12.8 Å². The number of unbranched alkanes of at least 4 members (excludes halogenated alkanes) is 7. The van der Waals surface area contributed by atoms with Crippen molar-refractivity contribution in [1.82, 2.24) is 0 Å². The standard InChI is InChI=1S/C58H88O6/c1-4-7-10-13-16-19-22-24-26-28-29-30-32-33-36-39-42-45-48-51-57(60)63-54-55(53-62-56(59)50-47-44-41-38-35-21-18-15-12-9-6-3)64-58(61)52-49-46-43-40-37-34-31-27-25-23-20-17-14-11-8-5-2/h7-12,16-21,24-27,29-30,33,36,38,41-42,45,55H,4-6,13-15,22-23,28,31-32,34-35,37,39-40,43-44,46-54H2,1-3H3/b10-7-,11-8-,12-9-,19-16-,20-17-,21-18-,26-24-,27-25-,30-29-,36-33-,41-38-,45-42-. The molecule has 0 aromatic heterocycles. The molecular weight excluding hydrogens is 793 g/mol. The van der Waals surface area contributed by atoms with Gasteiger partial charge >= 0.3 is 17.9 Å². The minimum absolute atomic E-state index is 0.140. The lowest BCUT2D eigenvalue weighted by Gasteiger charge is -2.18. The van der Waals surface area contributed by atoms with Crippen molar-refractivity contribution in [3.8, 4) is 0 Å². The molecule has 6 heteroatoms. The average Bonchev–Trinajstić information content (AvgIpc) is 3.29. The van der Waals surface area contributed by atoms with E-state index in [2.05, 4.69) is 154 Å². The van der Waals surface area contributed by atoms with E-state index in [1.54, 1.807) is 0 Å². The van der Waals surface area contributed by atoms with Crippen LogP contribution in [0.1, 0.15) is 181 Å². The number of hydrogen-bond acceptors (Lipinski definition) is 6. The van der Waals surface area contributed by atoms with E-state index in [0.29, 0.717) is 12.8 Å². The Kier molecular flexibility index (Phi) is 47.2. The van der Waals surface area contributed by atoms with Crippen LogP contribution >= 0.6 is 0 Å². The monoisotopic (exact) mass is 881 g/mol. The van der Waals surface area contributed by atoms with Crippen molar-refractivity contribution in [3.05, 3.63) is 146 Å². The van der Waals surface area contributed by atoms with Gasteiger partial charge < -0.3 is 14.2 Å². The third-order valence-corrected chi connectivity index (χ3v) is 9.58. The predicted molar refractivity (Wildman–Crippen MR) is 274 cm³/mol. The van der Waals surface area contributed by atoms with Gasteiger partial charge in [-0.2, -0.15) is 0 Å². The molecule has 0 amide bonds. The summed E-state index contributed by atoms with van der Waals surface area (Å²) < 4.78 is 16.6. The summed E-state index contributed by atoms with van der Waals surface area (Å²) in [7, 11) is 0. The number of hydrogen-bond donors (Lipinski definition) is 0. The minimum Gasteiger partial charge on any atom is -0.462 e. The van der Waals surface area contributed by atoms with Crippen molar-refractivity contribution in [2.24, 2.45) is 0 Å². The molecule has 0 spiro atoms. The zero-order valence-electron chi connectivity index (χ0n) is 40.5. The summed E-state index contributed by atoms with van der Waals surface area (Å²) in [4.78, 5) is 37.9. The summed E-state index contributed by atoms with van der Waals surface area (Å²) in [6, 6.07) is 0. The lowest BCUT2D eigenvalue weighted by molar-refractivity contribution is -0.166. The highest BCUT2D eigenvalue weighted by Crippen LogP contribution is 2.11. The average molecular weight is 881 g/mol. The van der Waals surface area contributed by atoms with Crippen LogP contribution < -0.4 is 0 Å². The van der Waals surface area contributed by atoms with E-state index in [0.717, 1.165) is 116 Å². The second kappa shape index (κ2) is 50.9. The van der Waals surface area contributed by atoms with E-state index in [9.17, 15) is 14.4 Å². The summed E-state index contributed by atoms with van der Waals surface area (Å²) in [5.74, 6) is -1.10. The Bertz CT molecular complexity index is 1480. The highest BCUT2D eigenvalue weighted by Gasteiger charge is 2.19. The van der Waals surface area contributed by atoms with Gasteiger partial charge in [0.2, 0.25) is 0 Å². The largest absolute Gasteiger partial charge is 0.462 e. The molecule has 0 N–H and O–H groups in total. The summed E-state index contributed by atoms with van der Waals surface area (Å²) in [6.45, 7) is 6.14. The predicted octanol–water partition coefficient (Wildman–Crippen LogP) is 16.5. The Hall–Kier alpha value is -4.71. The zero-order valence-corrected chi connectivity index (χ0v) is 40.5. The van der Waals surface area contributed by atoms with Gasteiger partial charge in [0.05, 0.1) is 0 Å². The first-order valence-corrected chi connectivity index (χ1v) is 24.8. The Balaban J connectivity index is 4.59. The third kappa shape index (κ3) is 48.3. The molecule has 0 aliphatic rings. The number of carbonyl (C=O) groups excluding carboxylic acids is 3. The molecule has 0 aliphatic heterocycles. The molecule has 0 heterocycles. The molecule has 0 bridgehead atoms. The van der Waals surface area contributed by atoms with E-state index < -0.39 is 6.10 Å². The van der Waals surface area contributed by atoms with Gasteiger partial charge in [0.1, 0.15) is 13.2 Å². The number of ether oxygens (including phenoxy) is 3. The van der Waals surface area contributed by atoms with Gasteiger partial charge in [0.25, 0.3) is 0 Å². The maximum Gasteiger partial charge on any atom is 0.306 e. The smallest absolute Gasteiger partial charge is 0.306 e. The summed E-state index contributed by atoms with van der Waals surface area (Å²) >= 11 is 0. The van der Waals surface area contributed by atoms with Gasteiger partial charge in [0, 0.05) is 19.3 Å². The highest BCUT2D eigenvalue weighted by molar-refractivity contribution is 5.71. The van der Waals surface area contributed by atoms with E-state index >= 15 is 0 Å². The molecule has 0 fully saturated rings. The molecule has 356 valence electrons. The quantitative estimate of drug-likeness (QED) is 0.0263. The van der Waals surface area contributed by atoms with Gasteiger partial charge in [-0.05, 0) is 116 Å². The molecule has 0 rings (SSSR count). The van der Waals surface area contributed by atoms with Gasteiger partial charge in [-0.1, -0.05) is 192 Å². The normalized spacial score (nSPS) is 13.4. The van der Waals surface area contributed by atoms with Crippen molar-refractivity contribution >= 4 is 17.9 Å². The fourth-order valence-corrected chi connectivity index (χ4v) is 5.97. The summed E-state index contributed by atoms with van der Waals surface area (Å²) in [5.41, 5.74) is 0. The number of carbonyl (C=O) groups is 3. The lowest BCUT2D eigenvalue weighted by atomic mass is 10.1. The number of allylic oxidation sites excluding steroid dienone is 24. The molecular formula is C58H88O6. The Morgan fingerprint density at radius 2 is 0.609 bits per heavy atom. The van der Waals surface area contributed by atoms with Crippen molar-refractivity contribution in [2.75, 3.05) is 13.2 Å². The molecule has 0 saturated carbocycles. The molecule has 6 nitrogen and oxygen atoms in total. The first-order valence-electron chi connectivity index (χ1n) is 24.8. The SMILES string of the molecule is CC/C=C\C/C=C\C/C=C\C/C=C\C/C=C\C/C=C\CCC(=O)OCC(COC(=O)CCC/C=C\C/C=C\C/C=C\CC)OC(=O)CCCCCCCC/C=C\C/C=C\C/C=C\CC. The molecule has 0 aromatic rings. The Labute approximate surface area is 391 Å². The zero-order chi connectivity index (χ0) is 46.5. The van der Waals surface area contributed by atoms with Crippen molar-refractivity contribution < 1.29 is 28.6 Å². The first kappa shape index (κ1) is 59.3. The fraction of sp³-hybridized carbons (Fsp3) is 0.534. The van der Waals surface area contributed by atoms with Crippen molar-refractivity contribution in [1.29, 1.82) is 0 Å². The van der Waals surface area contributed by atoms with E-state index in [1.807, 2.05) is 12.2 Å². The van der Waals surface area contributed by atoms with E-state index in [4.69, 9.17) is 14.2 Å². The van der Waals surface area contributed by atoms with E-state index in [-0.39, 0.29) is 50.4 Å². The molecule has 1 unspecified atom stereocenters. The second-order valence-corrected chi connectivity index (χ2v) is 15.6. The number of rotatable bonds is 42. The van der Waals surface area contributed by atoms with Gasteiger partial charge in [0.15, 0.2) is 6.10 Å². The summed E-state index contributed by atoms with van der Waals surface area (Å²) in [5, 5.41) is 0. The molecule has 0 radical (unpaired) electrons. The lowest BCUT2D eigenvalue weighted by Crippen LogP contribution is -2.30. The highest BCUT2D eigenvalue weighted by atomic mass is 16.6. The second-order valence-electron chi connectivity index (χ2n) is 15.6. The summed E-state index contributed by atoms with van der Waals surface area (Å²) in [6.07, 6.45) is 72.8. The number of esters is 3. The minimum atomic E-state index is -0.841. The Morgan fingerprint density at radius 1 is 0.312 bits per heavy atom. The fourth-order valence-electron chi connectivity index (χ4n) is 5.97. The van der Waals surface area contributed by atoms with Crippen LogP contribution in [-0.4, -0.2) is 37.2 Å². The molecule has 0 aromatic carbocycles. The van der Waals surface area contributed by atoms with Crippen molar-refractivity contribution in [2.45, 2.75) is 187 Å². The van der Waals surface area contributed by atoms with Gasteiger partial charge in [-0.3, -0.25) is 14.4 Å².